The minimum atomic E-state index is 0.630. The Kier molecular flexibility index (Phi) is 6.34. The molecule has 4 nitrogen and oxygen atoms in total. The molecule has 1 aliphatic rings. The Bertz CT molecular complexity index is 3060. The van der Waals surface area contributed by atoms with Crippen molar-refractivity contribution < 1.29 is 8.83 Å². The second-order valence-electron chi connectivity index (χ2n) is 13.6. The molecule has 1 aliphatic carbocycles. The highest BCUT2D eigenvalue weighted by Crippen LogP contribution is 2.44. The second kappa shape index (κ2) is 11.4. The summed E-state index contributed by atoms with van der Waals surface area (Å²) < 4.78 is 13.3. The summed E-state index contributed by atoms with van der Waals surface area (Å²) in [6.45, 7) is 0. The van der Waals surface area contributed by atoms with Crippen molar-refractivity contribution in [1.29, 1.82) is 0 Å². The molecule has 11 rings (SSSR count). The van der Waals surface area contributed by atoms with Crippen LogP contribution in [0.15, 0.2) is 161 Å². The first-order valence-electron chi connectivity index (χ1n) is 17.8. The SMILES string of the molecule is C1=Cc2c(cc(-c3cccc4c3oc3cccc(-c5nc(-c6ccc(-c7ccccc7)cc6)c6oc7ccccc7c6n5)c34)c3ccccc23)CC1. The predicted octanol–water partition coefficient (Wildman–Crippen LogP) is 13.1. The fourth-order valence-corrected chi connectivity index (χ4v) is 8.13. The molecule has 0 N–H and O–H groups in total. The van der Waals surface area contributed by atoms with Gasteiger partial charge in [0, 0.05) is 32.8 Å². The Hall–Kier alpha value is -6.78. The Morgan fingerprint density at radius 1 is 0.481 bits per heavy atom. The van der Waals surface area contributed by atoms with E-state index in [4.69, 9.17) is 18.8 Å². The summed E-state index contributed by atoms with van der Waals surface area (Å²) in [5.74, 6) is 0.630. The molecule has 3 aromatic heterocycles. The van der Waals surface area contributed by atoms with Gasteiger partial charge in [0.1, 0.15) is 28.0 Å². The lowest BCUT2D eigenvalue weighted by molar-refractivity contribution is 0.667. The highest BCUT2D eigenvalue weighted by Gasteiger charge is 2.23. The predicted molar refractivity (Wildman–Crippen MR) is 213 cm³/mol. The topological polar surface area (TPSA) is 52.1 Å². The van der Waals surface area contributed by atoms with Crippen LogP contribution >= 0.6 is 0 Å². The highest BCUT2D eigenvalue weighted by molar-refractivity contribution is 6.17. The zero-order chi connectivity index (χ0) is 34.2. The summed E-state index contributed by atoms with van der Waals surface area (Å²) in [4.78, 5) is 10.5. The van der Waals surface area contributed by atoms with Gasteiger partial charge in [0.05, 0.1) is 0 Å². The number of aromatic nitrogens is 2. The van der Waals surface area contributed by atoms with Gasteiger partial charge in [-0.25, -0.2) is 9.97 Å². The number of fused-ring (bicyclic) bond motifs is 9. The van der Waals surface area contributed by atoms with Crippen LogP contribution in [-0.2, 0) is 6.42 Å². The number of allylic oxidation sites excluding steroid dienone is 1. The highest BCUT2D eigenvalue weighted by atomic mass is 16.3. The van der Waals surface area contributed by atoms with Gasteiger partial charge in [-0.05, 0) is 75.7 Å². The number of hydrogen-bond acceptors (Lipinski definition) is 4. The van der Waals surface area contributed by atoms with Crippen molar-refractivity contribution in [3.8, 4) is 44.9 Å². The van der Waals surface area contributed by atoms with Crippen LogP contribution in [-0.4, -0.2) is 9.97 Å². The largest absolute Gasteiger partial charge is 0.455 e. The molecule has 0 unspecified atom stereocenters. The average Bonchev–Trinajstić information content (AvgIpc) is 3.79. The quantitative estimate of drug-likeness (QED) is 0.188. The van der Waals surface area contributed by atoms with Crippen molar-refractivity contribution in [3.63, 3.8) is 0 Å². The summed E-state index contributed by atoms with van der Waals surface area (Å²) >= 11 is 0. The number of rotatable bonds is 4. The Labute approximate surface area is 299 Å². The van der Waals surface area contributed by atoms with E-state index in [1.54, 1.807) is 0 Å². The molecule has 10 aromatic rings. The van der Waals surface area contributed by atoms with Gasteiger partial charge >= 0.3 is 0 Å². The van der Waals surface area contributed by atoms with Crippen LogP contribution in [0.2, 0.25) is 0 Å². The van der Waals surface area contributed by atoms with Gasteiger partial charge < -0.3 is 8.83 Å². The fourth-order valence-electron chi connectivity index (χ4n) is 8.13. The van der Waals surface area contributed by atoms with Gasteiger partial charge in [-0.15, -0.1) is 0 Å². The molecule has 0 bridgehead atoms. The van der Waals surface area contributed by atoms with E-state index < -0.39 is 0 Å². The van der Waals surface area contributed by atoms with Crippen molar-refractivity contribution >= 4 is 60.9 Å². The molecule has 0 saturated carbocycles. The van der Waals surface area contributed by atoms with E-state index in [2.05, 4.69) is 121 Å². The van der Waals surface area contributed by atoms with Crippen molar-refractivity contribution in [3.05, 3.63) is 163 Å². The van der Waals surface area contributed by atoms with E-state index in [0.717, 1.165) is 79.2 Å². The van der Waals surface area contributed by atoms with E-state index in [9.17, 15) is 0 Å². The Morgan fingerprint density at radius 2 is 1.15 bits per heavy atom. The monoisotopic (exact) mass is 666 g/mol. The van der Waals surface area contributed by atoms with Crippen LogP contribution in [0.1, 0.15) is 17.5 Å². The summed E-state index contributed by atoms with van der Waals surface area (Å²) in [5.41, 5.74) is 13.9. The number of furan rings is 2. The number of para-hydroxylation sites is 2. The first-order chi connectivity index (χ1) is 25.8. The van der Waals surface area contributed by atoms with Gasteiger partial charge in [0.25, 0.3) is 0 Å². The smallest absolute Gasteiger partial charge is 0.180 e. The van der Waals surface area contributed by atoms with Crippen LogP contribution in [0.25, 0.3) is 106 Å². The first-order valence-corrected chi connectivity index (χ1v) is 17.8. The minimum absolute atomic E-state index is 0.630. The summed E-state index contributed by atoms with van der Waals surface area (Å²) in [5, 5.41) is 5.51. The van der Waals surface area contributed by atoms with Crippen LogP contribution in [0.5, 0.6) is 0 Å². The third kappa shape index (κ3) is 4.41. The molecule has 3 heterocycles. The normalized spacial score (nSPS) is 12.8. The lowest BCUT2D eigenvalue weighted by Crippen LogP contribution is -1.97. The van der Waals surface area contributed by atoms with Crippen LogP contribution in [0.4, 0.5) is 0 Å². The van der Waals surface area contributed by atoms with E-state index in [1.165, 1.54) is 33.0 Å². The Balaban J connectivity index is 1.14. The molecular formula is C48H30N2O2. The molecule has 0 radical (unpaired) electrons. The van der Waals surface area contributed by atoms with Gasteiger partial charge in [0.15, 0.2) is 11.4 Å². The molecule has 0 saturated heterocycles. The fraction of sp³-hybridized carbons (Fsp3) is 0.0417. The van der Waals surface area contributed by atoms with Crippen molar-refractivity contribution in [2.24, 2.45) is 0 Å². The first kappa shape index (κ1) is 29.0. The van der Waals surface area contributed by atoms with Gasteiger partial charge in [-0.1, -0.05) is 133 Å². The van der Waals surface area contributed by atoms with E-state index >= 15 is 0 Å². The summed E-state index contributed by atoms with van der Waals surface area (Å²) in [6, 6.07) is 50.8. The van der Waals surface area contributed by atoms with Crippen LogP contribution in [0, 0.1) is 0 Å². The maximum atomic E-state index is 6.82. The van der Waals surface area contributed by atoms with Crippen molar-refractivity contribution in [2.45, 2.75) is 12.8 Å². The number of benzene rings is 7. The molecule has 0 fully saturated rings. The molecule has 0 atom stereocenters. The Morgan fingerprint density at radius 3 is 2.04 bits per heavy atom. The summed E-state index contributed by atoms with van der Waals surface area (Å²) in [7, 11) is 0. The molecule has 0 amide bonds. The summed E-state index contributed by atoms with van der Waals surface area (Å²) in [6.07, 6.45) is 6.65. The zero-order valence-electron chi connectivity index (χ0n) is 28.1. The lowest BCUT2D eigenvalue weighted by atomic mass is 9.87. The van der Waals surface area contributed by atoms with Gasteiger partial charge in [-0.3, -0.25) is 0 Å². The molecule has 0 aliphatic heterocycles. The lowest BCUT2D eigenvalue weighted by Gasteiger charge is -2.17. The molecule has 244 valence electrons. The molecular weight excluding hydrogens is 637 g/mol. The maximum Gasteiger partial charge on any atom is 0.180 e. The van der Waals surface area contributed by atoms with Gasteiger partial charge in [0.2, 0.25) is 0 Å². The van der Waals surface area contributed by atoms with Crippen molar-refractivity contribution in [2.75, 3.05) is 0 Å². The number of aryl methyl sites for hydroxylation is 1. The number of nitrogens with zero attached hydrogens (tertiary/aromatic N) is 2. The molecule has 7 aromatic carbocycles. The molecule has 52 heavy (non-hydrogen) atoms. The maximum absolute atomic E-state index is 6.82. The third-order valence-corrected chi connectivity index (χ3v) is 10.6. The standard InChI is InChI=1S/C48H30N2O2/c1-2-12-29(13-3-1)30-24-26-31(27-25-30)44-47-45(37-18-8-9-22-41(37)51-47)50-48(49-44)39-21-11-23-42-43(39)38-20-10-19-36(46(38)52-42)40-28-32-14-4-5-15-33(32)34-16-6-7-17-35(34)40/h1-3,5-13,15-28H,4,14H2. The van der Waals surface area contributed by atoms with E-state index in [1.807, 2.05) is 36.4 Å². The van der Waals surface area contributed by atoms with Crippen LogP contribution in [0.3, 0.4) is 0 Å². The minimum Gasteiger partial charge on any atom is -0.455 e. The third-order valence-electron chi connectivity index (χ3n) is 10.6. The van der Waals surface area contributed by atoms with E-state index in [-0.39, 0.29) is 0 Å². The number of hydrogen-bond donors (Lipinski definition) is 0. The van der Waals surface area contributed by atoms with E-state index in [0.29, 0.717) is 11.4 Å². The second-order valence-corrected chi connectivity index (χ2v) is 13.6. The van der Waals surface area contributed by atoms with Crippen molar-refractivity contribution in [1.82, 2.24) is 9.97 Å². The zero-order valence-corrected chi connectivity index (χ0v) is 28.1. The molecule has 4 heteroatoms. The van der Waals surface area contributed by atoms with Crippen LogP contribution < -0.4 is 0 Å². The van der Waals surface area contributed by atoms with Gasteiger partial charge in [-0.2, -0.15) is 0 Å². The average molecular weight is 667 g/mol. The molecule has 0 spiro atoms.